The normalized spacial score (nSPS) is 23.1. The van der Waals surface area contributed by atoms with Gasteiger partial charge >= 0.3 is 6.03 Å². The number of pyridine rings is 1. The van der Waals surface area contributed by atoms with E-state index in [1.54, 1.807) is 17.2 Å². The Morgan fingerprint density at radius 1 is 1.20 bits per heavy atom. The van der Waals surface area contributed by atoms with Gasteiger partial charge in [0.25, 0.3) is 0 Å². The van der Waals surface area contributed by atoms with Gasteiger partial charge in [0, 0.05) is 25.8 Å². The molecule has 0 spiro atoms. The van der Waals surface area contributed by atoms with Crippen molar-refractivity contribution in [1.82, 2.24) is 30.0 Å². The molecular formula is C18H24N6O. The zero-order valence-corrected chi connectivity index (χ0v) is 14.3. The summed E-state index contributed by atoms with van der Waals surface area (Å²) in [6.45, 7) is 2.30. The van der Waals surface area contributed by atoms with Gasteiger partial charge in [-0.05, 0) is 36.3 Å². The summed E-state index contributed by atoms with van der Waals surface area (Å²) in [6, 6.07) is 3.88. The van der Waals surface area contributed by atoms with E-state index in [-0.39, 0.29) is 6.03 Å². The number of carbonyl (C=O) groups excluding carboxylic acids is 1. The third kappa shape index (κ3) is 3.65. The van der Waals surface area contributed by atoms with E-state index in [1.165, 1.54) is 32.0 Å². The van der Waals surface area contributed by atoms with E-state index in [4.69, 9.17) is 0 Å². The quantitative estimate of drug-likeness (QED) is 0.931. The van der Waals surface area contributed by atoms with Gasteiger partial charge in [0.05, 0.1) is 0 Å². The van der Waals surface area contributed by atoms with Gasteiger partial charge in [0.2, 0.25) is 0 Å². The van der Waals surface area contributed by atoms with Gasteiger partial charge in [0.15, 0.2) is 5.82 Å². The molecule has 2 amide bonds. The molecule has 0 radical (unpaired) electrons. The fourth-order valence-corrected chi connectivity index (χ4v) is 4.06. The van der Waals surface area contributed by atoms with Crippen LogP contribution < -0.4 is 5.32 Å². The number of nitrogens with zero attached hydrogens (tertiary/aromatic N) is 5. The van der Waals surface area contributed by atoms with E-state index in [0.717, 1.165) is 31.0 Å². The fourth-order valence-electron chi connectivity index (χ4n) is 4.06. The lowest BCUT2D eigenvalue weighted by atomic mass is 9.75. The summed E-state index contributed by atoms with van der Waals surface area (Å²) in [6.07, 6.45) is 11.3. The Hall–Kier alpha value is -2.44. The zero-order chi connectivity index (χ0) is 17.1. The van der Waals surface area contributed by atoms with Crippen LogP contribution in [0.15, 0.2) is 31.0 Å². The van der Waals surface area contributed by atoms with Gasteiger partial charge in [-0.1, -0.05) is 25.3 Å². The van der Waals surface area contributed by atoms with Crippen LogP contribution in [0, 0.1) is 11.8 Å². The second kappa shape index (κ2) is 7.21. The molecule has 1 aliphatic carbocycles. The Balaban J connectivity index is 1.30. The number of carbonyl (C=O) groups is 1. The molecule has 2 aromatic heterocycles. The molecule has 4 rings (SSSR count). The van der Waals surface area contributed by atoms with Gasteiger partial charge in [-0.3, -0.25) is 0 Å². The van der Waals surface area contributed by atoms with E-state index in [2.05, 4.69) is 20.4 Å². The molecule has 7 nitrogen and oxygen atoms in total. The standard InChI is InChI=1S/C18H24N6O/c25-18(23-8-7-15-3-1-2-4-16(15)11-23)21-10-14-5-6-17(20-9-14)24-13-19-12-22-24/h5-6,9,12-13,15-16H,1-4,7-8,10-11H2,(H,21,25)/t15-,16+/m0/s1. The maximum atomic E-state index is 12.5. The predicted molar refractivity (Wildman–Crippen MR) is 93.0 cm³/mol. The van der Waals surface area contributed by atoms with Gasteiger partial charge < -0.3 is 10.2 Å². The van der Waals surface area contributed by atoms with Gasteiger partial charge in [0.1, 0.15) is 12.7 Å². The summed E-state index contributed by atoms with van der Waals surface area (Å²) in [5, 5.41) is 7.08. The molecule has 1 aliphatic heterocycles. The Morgan fingerprint density at radius 3 is 2.84 bits per heavy atom. The number of amides is 2. The molecule has 0 unspecified atom stereocenters. The van der Waals surface area contributed by atoms with Crippen LogP contribution in [0.4, 0.5) is 4.79 Å². The van der Waals surface area contributed by atoms with Crippen LogP contribution >= 0.6 is 0 Å². The second-order valence-electron chi connectivity index (χ2n) is 7.06. The predicted octanol–water partition coefficient (Wildman–Crippen LogP) is 2.38. The summed E-state index contributed by atoms with van der Waals surface area (Å²) >= 11 is 0. The highest BCUT2D eigenvalue weighted by molar-refractivity contribution is 5.74. The Morgan fingerprint density at radius 2 is 2.08 bits per heavy atom. The molecular weight excluding hydrogens is 316 g/mol. The summed E-state index contributed by atoms with van der Waals surface area (Å²) in [4.78, 5) is 22.7. The number of likely N-dealkylation sites (tertiary alicyclic amines) is 1. The third-order valence-electron chi connectivity index (χ3n) is 5.48. The first-order chi connectivity index (χ1) is 12.3. The van der Waals surface area contributed by atoms with Gasteiger partial charge in [-0.25, -0.2) is 19.4 Å². The highest BCUT2D eigenvalue weighted by Gasteiger charge is 2.32. The Bertz CT molecular complexity index is 699. The van der Waals surface area contributed by atoms with Crippen molar-refractivity contribution in [1.29, 1.82) is 0 Å². The lowest BCUT2D eigenvalue weighted by molar-refractivity contribution is 0.102. The molecule has 132 valence electrons. The number of aromatic nitrogens is 4. The van der Waals surface area contributed by atoms with Crippen LogP contribution in [0.25, 0.3) is 5.82 Å². The van der Waals surface area contributed by atoms with Crippen LogP contribution in [0.5, 0.6) is 0 Å². The first-order valence-corrected chi connectivity index (χ1v) is 9.12. The first kappa shape index (κ1) is 16.1. The minimum Gasteiger partial charge on any atom is -0.334 e. The molecule has 0 aromatic carbocycles. The molecule has 2 atom stereocenters. The highest BCUT2D eigenvalue weighted by atomic mass is 16.2. The largest absolute Gasteiger partial charge is 0.334 e. The van der Waals surface area contributed by atoms with Crippen LogP contribution in [0.2, 0.25) is 0 Å². The highest BCUT2D eigenvalue weighted by Crippen LogP contribution is 2.35. The molecule has 1 N–H and O–H groups in total. The molecule has 2 aromatic rings. The maximum Gasteiger partial charge on any atom is 0.317 e. The van der Waals surface area contributed by atoms with Crippen molar-refractivity contribution in [2.45, 2.75) is 38.6 Å². The molecule has 7 heteroatoms. The molecule has 1 saturated heterocycles. The van der Waals surface area contributed by atoms with E-state index in [9.17, 15) is 4.79 Å². The van der Waals surface area contributed by atoms with Crippen LogP contribution in [-0.4, -0.2) is 43.8 Å². The number of rotatable bonds is 3. The minimum absolute atomic E-state index is 0.0457. The SMILES string of the molecule is O=C(NCc1ccc(-n2cncn2)nc1)N1CC[C@@H]2CCCC[C@@H]2C1. The third-order valence-corrected chi connectivity index (χ3v) is 5.48. The lowest BCUT2D eigenvalue weighted by Gasteiger charge is -2.41. The fraction of sp³-hybridized carbons (Fsp3) is 0.556. The smallest absolute Gasteiger partial charge is 0.317 e. The van der Waals surface area contributed by atoms with E-state index in [1.807, 2.05) is 17.0 Å². The van der Waals surface area contributed by atoms with Gasteiger partial charge in [-0.15, -0.1) is 0 Å². The lowest BCUT2D eigenvalue weighted by Crippen LogP contribution is -2.48. The molecule has 2 aliphatic rings. The van der Waals surface area contributed by atoms with Crippen molar-refractivity contribution >= 4 is 6.03 Å². The van der Waals surface area contributed by atoms with Crippen molar-refractivity contribution in [3.63, 3.8) is 0 Å². The number of hydrogen-bond acceptors (Lipinski definition) is 4. The molecule has 1 saturated carbocycles. The summed E-state index contributed by atoms with van der Waals surface area (Å²) < 4.78 is 1.61. The molecule has 25 heavy (non-hydrogen) atoms. The zero-order valence-electron chi connectivity index (χ0n) is 14.3. The van der Waals surface area contributed by atoms with E-state index in [0.29, 0.717) is 18.3 Å². The monoisotopic (exact) mass is 340 g/mol. The molecule has 0 bridgehead atoms. The van der Waals surface area contributed by atoms with Crippen molar-refractivity contribution in [3.05, 3.63) is 36.5 Å². The number of piperidine rings is 1. The molecule has 2 fully saturated rings. The van der Waals surface area contributed by atoms with Gasteiger partial charge in [-0.2, -0.15) is 5.10 Å². The van der Waals surface area contributed by atoms with Crippen LogP contribution in [0.1, 0.15) is 37.7 Å². The summed E-state index contributed by atoms with van der Waals surface area (Å²) in [5.74, 6) is 2.26. The van der Waals surface area contributed by atoms with E-state index < -0.39 is 0 Å². The average molecular weight is 340 g/mol. The van der Waals surface area contributed by atoms with Crippen molar-refractivity contribution < 1.29 is 4.79 Å². The summed E-state index contributed by atoms with van der Waals surface area (Å²) in [7, 11) is 0. The second-order valence-corrected chi connectivity index (χ2v) is 7.06. The van der Waals surface area contributed by atoms with Crippen molar-refractivity contribution in [2.24, 2.45) is 11.8 Å². The maximum absolute atomic E-state index is 12.5. The van der Waals surface area contributed by atoms with Crippen molar-refractivity contribution in [2.75, 3.05) is 13.1 Å². The van der Waals surface area contributed by atoms with Crippen LogP contribution in [0.3, 0.4) is 0 Å². The average Bonchev–Trinajstić information content (AvgIpc) is 3.21. The van der Waals surface area contributed by atoms with Crippen LogP contribution in [-0.2, 0) is 6.54 Å². The Labute approximate surface area is 147 Å². The van der Waals surface area contributed by atoms with E-state index >= 15 is 0 Å². The number of nitrogens with one attached hydrogen (secondary N) is 1. The Kier molecular flexibility index (Phi) is 4.63. The number of urea groups is 1. The topological polar surface area (TPSA) is 75.9 Å². The van der Waals surface area contributed by atoms with Crippen molar-refractivity contribution in [3.8, 4) is 5.82 Å². The number of hydrogen-bond donors (Lipinski definition) is 1. The minimum atomic E-state index is 0.0457. The molecule has 3 heterocycles. The first-order valence-electron chi connectivity index (χ1n) is 9.12. The number of fused-ring (bicyclic) bond motifs is 1. The summed E-state index contributed by atoms with van der Waals surface area (Å²) in [5.41, 5.74) is 0.977.